The van der Waals surface area contributed by atoms with Crippen LogP contribution in [0.1, 0.15) is 38.8 Å². The number of rotatable bonds is 7. The van der Waals surface area contributed by atoms with Crippen molar-refractivity contribution in [3.8, 4) is 5.75 Å². The number of hydrogen-bond donors (Lipinski definition) is 0. The number of ether oxygens (including phenoxy) is 1. The summed E-state index contributed by atoms with van der Waals surface area (Å²) in [6.45, 7) is 5.13. The molecule has 1 aromatic rings. The Labute approximate surface area is 188 Å². The molecule has 0 saturated carbocycles. The fourth-order valence-corrected chi connectivity index (χ4v) is 4.78. The molecular weight excluding hydrogens is 443 g/mol. The number of pyridine rings is 1. The van der Waals surface area contributed by atoms with Gasteiger partial charge in [0.05, 0.1) is 30.2 Å². The fraction of sp³-hybridized carbons (Fsp3) is 0.682. The molecule has 1 saturated heterocycles. The van der Waals surface area contributed by atoms with Crippen molar-refractivity contribution in [2.75, 3.05) is 45.6 Å². The van der Waals surface area contributed by atoms with Gasteiger partial charge in [-0.05, 0) is 69.8 Å². The first-order valence-electron chi connectivity index (χ1n) is 10.9. The molecule has 0 amide bonds. The molecule has 0 unspecified atom stereocenters. The smallest absolute Gasteiger partial charge is 0.395 e. The molecular formula is C22H32F3N3O3S. The minimum atomic E-state index is -4.20. The van der Waals surface area contributed by atoms with Gasteiger partial charge < -0.3 is 9.64 Å². The topological polar surface area (TPSA) is 62.7 Å². The molecule has 0 atom stereocenters. The lowest BCUT2D eigenvalue weighted by Crippen LogP contribution is -2.46. The summed E-state index contributed by atoms with van der Waals surface area (Å²) in [5, 5.41) is 0. The van der Waals surface area contributed by atoms with Gasteiger partial charge >= 0.3 is 6.18 Å². The van der Waals surface area contributed by atoms with E-state index in [0.717, 1.165) is 24.1 Å². The van der Waals surface area contributed by atoms with Crippen LogP contribution < -0.4 is 4.74 Å². The summed E-state index contributed by atoms with van der Waals surface area (Å²) >= 11 is 0. The van der Waals surface area contributed by atoms with Gasteiger partial charge in [0.2, 0.25) is 10.0 Å². The van der Waals surface area contributed by atoms with Gasteiger partial charge in [-0.3, -0.25) is 4.98 Å². The SMILES string of the molecule is CC(C)(CN1CCC(COc2ccc(C3=CCN(S(C)(=O)=O)CC3)nc2)CC1)C(F)(F)F. The summed E-state index contributed by atoms with van der Waals surface area (Å²) < 4.78 is 69.8. The zero-order valence-corrected chi connectivity index (χ0v) is 19.7. The Morgan fingerprint density at radius 3 is 2.34 bits per heavy atom. The predicted molar refractivity (Wildman–Crippen MR) is 118 cm³/mol. The number of aromatic nitrogens is 1. The lowest BCUT2D eigenvalue weighted by Gasteiger charge is -2.38. The quantitative estimate of drug-likeness (QED) is 0.600. The maximum atomic E-state index is 13.1. The van der Waals surface area contributed by atoms with E-state index in [4.69, 9.17) is 4.74 Å². The first-order valence-corrected chi connectivity index (χ1v) is 12.7. The van der Waals surface area contributed by atoms with Crippen molar-refractivity contribution in [1.82, 2.24) is 14.2 Å². The van der Waals surface area contributed by atoms with E-state index >= 15 is 0 Å². The van der Waals surface area contributed by atoms with Crippen LogP contribution in [0.15, 0.2) is 24.4 Å². The Hall–Kier alpha value is -1.65. The molecule has 0 N–H and O–H groups in total. The normalized spacial score (nSPS) is 20.2. The van der Waals surface area contributed by atoms with Crippen LogP contribution in [0.4, 0.5) is 13.2 Å². The van der Waals surface area contributed by atoms with E-state index in [9.17, 15) is 21.6 Å². The molecule has 0 radical (unpaired) electrons. The van der Waals surface area contributed by atoms with Gasteiger partial charge in [-0.25, -0.2) is 8.42 Å². The molecule has 32 heavy (non-hydrogen) atoms. The second kappa shape index (κ2) is 9.69. The Morgan fingerprint density at radius 2 is 1.84 bits per heavy atom. The van der Waals surface area contributed by atoms with Crippen molar-refractivity contribution in [1.29, 1.82) is 0 Å². The van der Waals surface area contributed by atoms with Crippen molar-refractivity contribution >= 4 is 15.6 Å². The Kier molecular flexibility index (Phi) is 7.56. The van der Waals surface area contributed by atoms with Crippen LogP contribution in [0.2, 0.25) is 0 Å². The Bertz CT molecular complexity index is 907. The van der Waals surface area contributed by atoms with Crippen LogP contribution in [0, 0.1) is 11.3 Å². The van der Waals surface area contributed by atoms with Crippen LogP contribution in [-0.4, -0.2) is 74.4 Å². The second-order valence-corrected chi connectivity index (χ2v) is 11.4. The minimum absolute atomic E-state index is 0.0211. The zero-order chi connectivity index (χ0) is 23.6. The van der Waals surface area contributed by atoms with Crippen molar-refractivity contribution in [2.24, 2.45) is 11.3 Å². The van der Waals surface area contributed by atoms with Gasteiger partial charge in [-0.2, -0.15) is 17.5 Å². The molecule has 180 valence electrons. The van der Waals surface area contributed by atoms with Crippen molar-refractivity contribution in [3.63, 3.8) is 0 Å². The van der Waals surface area contributed by atoms with Gasteiger partial charge in [0, 0.05) is 19.6 Å². The van der Waals surface area contributed by atoms with Crippen LogP contribution in [0.3, 0.4) is 0 Å². The molecule has 1 aromatic heterocycles. The van der Waals surface area contributed by atoms with E-state index in [0.29, 0.717) is 50.9 Å². The molecule has 2 aliphatic heterocycles. The maximum absolute atomic E-state index is 13.1. The lowest BCUT2D eigenvalue weighted by molar-refractivity contribution is -0.217. The first kappa shape index (κ1) is 25.0. The third kappa shape index (κ3) is 6.45. The molecule has 3 heterocycles. The second-order valence-electron chi connectivity index (χ2n) is 9.39. The molecule has 2 aliphatic rings. The molecule has 0 aromatic carbocycles. The van der Waals surface area contributed by atoms with Gasteiger partial charge in [0.1, 0.15) is 5.75 Å². The van der Waals surface area contributed by atoms with Crippen LogP contribution in [0.5, 0.6) is 5.75 Å². The molecule has 1 fully saturated rings. The molecule has 0 aliphatic carbocycles. The van der Waals surface area contributed by atoms with Crippen molar-refractivity contribution < 1.29 is 26.3 Å². The summed E-state index contributed by atoms with van der Waals surface area (Å²) in [6, 6.07) is 3.73. The highest BCUT2D eigenvalue weighted by Gasteiger charge is 2.48. The Balaban J connectivity index is 1.44. The van der Waals surface area contributed by atoms with Gasteiger partial charge in [0.15, 0.2) is 0 Å². The van der Waals surface area contributed by atoms with E-state index in [1.165, 1.54) is 24.4 Å². The largest absolute Gasteiger partial charge is 0.492 e. The molecule has 6 nitrogen and oxygen atoms in total. The number of nitrogens with zero attached hydrogens (tertiary/aromatic N) is 3. The highest BCUT2D eigenvalue weighted by atomic mass is 32.2. The third-order valence-electron chi connectivity index (χ3n) is 6.29. The Morgan fingerprint density at radius 1 is 1.16 bits per heavy atom. The lowest BCUT2D eigenvalue weighted by atomic mass is 9.89. The van der Waals surface area contributed by atoms with Crippen LogP contribution in [-0.2, 0) is 10.0 Å². The van der Waals surface area contributed by atoms with E-state index in [-0.39, 0.29) is 6.54 Å². The number of sulfonamides is 1. The molecule has 10 heteroatoms. The standard InChI is InChI=1S/C22H32F3N3O3S/c1-21(2,22(23,24)25)16-27-10-6-17(7-11-27)15-31-19-4-5-20(26-14-19)18-8-12-28(13-9-18)32(3,29)30/h4-5,8,14,17H,6-7,9-13,15-16H2,1-3H3. The van der Waals surface area contributed by atoms with Gasteiger partial charge in [-0.15, -0.1) is 0 Å². The number of halogens is 3. The number of piperidine rings is 1. The van der Waals surface area contributed by atoms with E-state index in [1.807, 2.05) is 23.1 Å². The summed E-state index contributed by atoms with van der Waals surface area (Å²) in [5.74, 6) is 0.964. The van der Waals surface area contributed by atoms with E-state index in [2.05, 4.69) is 4.98 Å². The molecule has 3 rings (SSSR count). The van der Waals surface area contributed by atoms with E-state index in [1.54, 1.807) is 6.20 Å². The summed E-state index contributed by atoms with van der Waals surface area (Å²) in [6.07, 6.45) is 2.80. The number of likely N-dealkylation sites (tertiary alicyclic amines) is 1. The summed E-state index contributed by atoms with van der Waals surface area (Å²) in [4.78, 5) is 6.34. The number of hydrogen-bond acceptors (Lipinski definition) is 5. The average Bonchev–Trinajstić information content (AvgIpc) is 2.72. The number of alkyl halides is 3. The molecule has 0 spiro atoms. The van der Waals surface area contributed by atoms with Crippen LogP contribution in [0.25, 0.3) is 5.57 Å². The monoisotopic (exact) mass is 475 g/mol. The fourth-order valence-electron chi connectivity index (χ4n) is 4.01. The van der Waals surface area contributed by atoms with Gasteiger partial charge in [-0.1, -0.05) is 6.08 Å². The summed E-state index contributed by atoms with van der Waals surface area (Å²) in [7, 11) is -3.18. The summed E-state index contributed by atoms with van der Waals surface area (Å²) in [5.41, 5.74) is 0.123. The van der Waals surface area contributed by atoms with Crippen LogP contribution >= 0.6 is 0 Å². The maximum Gasteiger partial charge on any atom is 0.395 e. The average molecular weight is 476 g/mol. The zero-order valence-electron chi connectivity index (χ0n) is 18.9. The minimum Gasteiger partial charge on any atom is -0.492 e. The first-order chi connectivity index (χ1) is 14.8. The highest BCUT2D eigenvalue weighted by molar-refractivity contribution is 7.88. The van der Waals surface area contributed by atoms with Crippen molar-refractivity contribution in [2.45, 2.75) is 39.3 Å². The van der Waals surface area contributed by atoms with E-state index < -0.39 is 21.6 Å². The molecule has 0 bridgehead atoms. The van der Waals surface area contributed by atoms with Gasteiger partial charge in [0.25, 0.3) is 0 Å². The van der Waals surface area contributed by atoms with Crippen molar-refractivity contribution in [3.05, 3.63) is 30.1 Å². The third-order valence-corrected chi connectivity index (χ3v) is 7.56. The predicted octanol–water partition coefficient (Wildman–Crippen LogP) is 3.81. The highest BCUT2D eigenvalue weighted by Crippen LogP contribution is 2.38.